The molecule has 0 spiro atoms. The van der Waals surface area contributed by atoms with Crippen LogP contribution in [0.1, 0.15) is 170 Å². The second-order valence-electron chi connectivity index (χ2n) is 25.8. The highest BCUT2D eigenvalue weighted by atomic mass is 14.8. The van der Waals surface area contributed by atoms with Crippen molar-refractivity contribution in [1.29, 1.82) is 0 Å². The minimum Gasteiger partial charge on any atom is -0.361 e. The summed E-state index contributed by atoms with van der Waals surface area (Å²) in [5.41, 5.74) is 13.4. The summed E-state index contributed by atoms with van der Waals surface area (Å²) in [6, 6.07) is 43.5. The number of aromatic amines is 2. The Morgan fingerprint density at radius 2 is 0.775 bits per heavy atom. The lowest BCUT2D eigenvalue weighted by atomic mass is 9.86. The van der Waals surface area contributed by atoms with Crippen molar-refractivity contribution in [3.63, 3.8) is 0 Å². The molecule has 2 N–H and O–H groups in total. The molecule has 0 fully saturated rings. The van der Waals surface area contributed by atoms with Crippen LogP contribution >= 0.6 is 0 Å². The molecule has 0 saturated carbocycles. The first-order valence-electron chi connectivity index (χ1n) is 27.7. The summed E-state index contributed by atoms with van der Waals surface area (Å²) >= 11 is 0. The normalized spacial score (nSPS) is 11.2. The highest BCUT2D eigenvalue weighted by Crippen LogP contribution is 2.27. The van der Waals surface area contributed by atoms with Crippen LogP contribution in [0.4, 0.5) is 0 Å². The molecule has 8 aromatic heterocycles. The first kappa shape index (κ1) is 66.6. The van der Waals surface area contributed by atoms with Crippen molar-refractivity contribution in [2.45, 2.75) is 171 Å². The predicted molar refractivity (Wildman–Crippen MR) is 341 cm³/mol. The molecular weight excluding hydrogens is 979 g/mol. The fraction of sp³-hybridized carbons (Fsp3) is 0.366. The van der Waals surface area contributed by atoms with Gasteiger partial charge in [0.25, 0.3) is 0 Å². The number of aromatic nitrogens is 9. The van der Waals surface area contributed by atoms with Crippen LogP contribution in [0.25, 0.3) is 21.9 Å². The topological polar surface area (TPSA) is 122 Å². The van der Waals surface area contributed by atoms with E-state index in [9.17, 15) is 0 Å². The molecule has 8 heterocycles. The Labute approximate surface area is 482 Å². The van der Waals surface area contributed by atoms with Crippen LogP contribution in [0.5, 0.6) is 0 Å². The molecule has 9 nitrogen and oxygen atoms in total. The summed E-state index contributed by atoms with van der Waals surface area (Å²) in [7, 11) is 0. The van der Waals surface area contributed by atoms with Gasteiger partial charge in [0.1, 0.15) is 5.65 Å². The molecule has 80 heavy (non-hydrogen) atoms. The van der Waals surface area contributed by atoms with Gasteiger partial charge < -0.3 is 9.97 Å². The molecule has 0 amide bonds. The van der Waals surface area contributed by atoms with Crippen molar-refractivity contribution >= 4 is 21.9 Å². The third-order valence-electron chi connectivity index (χ3n) is 12.3. The van der Waals surface area contributed by atoms with Gasteiger partial charge in [-0.3, -0.25) is 29.9 Å². The molecule has 0 unspecified atom stereocenters. The van der Waals surface area contributed by atoms with E-state index in [-0.39, 0.29) is 27.1 Å². The van der Waals surface area contributed by atoms with Crippen molar-refractivity contribution in [2.75, 3.05) is 0 Å². The van der Waals surface area contributed by atoms with Crippen molar-refractivity contribution in [1.82, 2.24) is 44.9 Å². The largest absolute Gasteiger partial charge is 0.361 e. The van der Waals surface area contributed by atoms with Crippen LogP contribution in [0.15, 0.2) is 202 Å². The summed E-state index contributed by atoms with van der Waals surface area (Å²) in [5, 5.41) is 2.49. The summed E-state index contributed by atoms with van der Waals surface area (Å²) in [5.74, 6) is 0. The average Bonchev–Trinajstić information content (AvgIpc) is 4.11. The van der Waals surface area contributed by atoms with Crippen molar-refractivity contribution in [2.24, 2.45) is 0 Å². The van der Waals surface area contributed by atoms with E-state index in [1.165, 1.54) is 44.1 Å². The zero-order valence-corrected chi connectivity index (χ0v) is 52.2. The Balaban J connectivity index is 0.000000242. The predicted octanol–water partition coefficient (Wildman–Crippen LogP) is 18.6. The minimum absolute atomic E-state index is 0.179. The van der Waals surface area contributed by atoms with E-state index in [0.29, 0.717) is 5.41 Å². The number of hydrogen-bond donors (Lipinski definition) is 2. The van der Waals surface area contributed by atoms with Crippen LogP contribution in [0, 0.1) is 13.8 Å². The van der Waals surface area contributed by atoms with Crippen LogP contribution < -0.4 is 0 Å². The maximum Gasteiger partial charge on any atom is 0.137 e. The van der Waals surface area contributed by atoms with Gasteiger partial charge in [-0.15, -0.1) is 0 Å². The van der Waals surface area contributed by atoms with Crippen LogP contribution in [-0.2, 0) is 32.5 Å². The number of pyridine rings is 5. The van der Waals surface area contributed by atoms with E-state index in [2.05, 4.69) is 254 Å². The SMILES string of the molecule is CC(C)(C)c1ccc2[nH]ccc2c1.CC(C)(C)c1ccccc1.CC(C)(C)c1ccccn1.CC(C)(C)c1cccnc1.CC(C)(C)c1cccnc1.CC(C)(C)c1cnc2[nH]ccc2c1.Cc1ccccn1.Cc1cnccn1. The summed E-state index contributed by atoms with van der Waals surface area (Å²) in [4.78, 5) is 34.7. The smallest absolute Gasteiger partial charge is 0.137 e. The molecule has 0 saturated heterocycles. The molecule has 0 radical (unpaired) electrons. The third kappa shape index (κ3) is 25.9. The van der Waals surface area contributed by atoms with Gasteiger partial charge in [0.05, 0.1) is 5.69 Å². The zero-order valence-electron chi connectivity index (χ0n) is 52.2. The molecule has 0 aliphatic heterocycles. The van der Waals surface area contributed by atoms with E-state index in [4.69, 9.17) is 0 Å². The van der Waals surface area contributed by atoms with E-state index in [1.54, 1.807) is 37.2 Å². The Morgan fingerprint density at radius 1 is 0.300 bits per heavy atom. The lowest BCUT2D eigenvalue weighted by Gasteiger charge is -2.18. The highest BCUT2D eigenvalue weighted by Gasteiger charge is 2.17. The van der Waals surface area contributed by atoms with E-state index >= 15 is 0 Å². The molecular formula is C71H95N9. The third-order valence-corrected chi connectivity index (χ3v) is 12.3. The minimum atomic E-state index is 0.179. The number of rotatable bonds is 0. The van der Waals surface area contributed by atoms with E-state index in [1.807, 2.05) is 93.5 Å². The number of fused-ring (bicyclic) bond motifs is 2. The second kappa shape index (κ2) is 31.2. The molecule has 10 aromatic rings. The van der Waals surface area contributed by atoms with Crippen molar-refractivity contribution in [3.8, 4) is 0 Å². The molecule has 0 aliphatic carbocycles. The van der Waals surface area contributed by atoms with Gasteiger partial charge in [-0.1, -0.05) is 185 Å². The van der Waals surface area contributed by atoms with Gasteiger partial charge in [-0.25, -0.2) is 4.98 Å². The number of H-pyrrole nitrogens is 2. The highest BCUT2D eigenvalue weighted by molar-refractivity contribution is 5.80. The fourth-order valence-corrected chi connectivity index (χ4v) is 7.05. The molecule has 0 aliphatic rings. The van der Waals surface area contributed by atoms with Crippen molar-refractivity contribution in [3.05, 3.63) is 247 Å². The molecule has 424 valence electrons. The van der Waals surface area contributed by atoms with Gasteiger partial charge in [0.15, 0.2) is 0 Å². The summed E-state index contributed by atoms with van der Waals surface area (Å²) in [6.07, 6.45) is 22.0. The van der Waals surface area contributed by atoms with Gasteiger partial charge in [0, 0.05) is 102 Å². The number of hydrogen-bond acceptors (Lipinski definition) is 7. The van der Waals surface area contributed by atoms with Gasteiger partial charge in [-0.05, 0) is 141 Å². The summed E-state index contributed by atoms with van der Waals surface area (Å²) in [6.45, 7) is 43.5. The quantitative estimate of drug-likeness (QED) is 0.155. The Morgan fingerprint density at radius 3 is 1.15 bits per heavy atom. The first-order chi connectivity index (χ1) is 37.4. The number of aryl methyl sites for hydroxylation is 2. The number of benzene rings is 2. The molecule has 10 rings (SSSR count). The molecule has 0 bridgehead atoms. The average molecular weight is 1070 g/mol. The standard InChI is InChI=1S/C12H15N.C11H14N2.C10H14.3C9H13N.C6H7N.C5H6N2/c1-12(2,3)10-4-5-11-9(8-10)6-7-13-11;1-11(2,3)9-6-8-4-5-12-10(8)13-7-9;1-10(2,3)9-7-5-4-6-8-9;2*1-9(2,3)8-5-4-6-10-7-8;1-9(2,3)8-6-4-5-7-10-8;1-6-4-2-3-5-7-6;1-5-4-6-2-3-7-5/h4-8,13H,1-3H3;4-7H,1-3H3,(H,12,13);4-8H,1-3H3;3*4-7H,1-3H3;2-5H,1H3;2-4H,1H3. The maximum absolute atomic E-state index is 4.35. The molecule has 0 atom stereocenters. The number of nitrogens with zero attached hydrogens (tertiary/aromatic N) is 7. The lowest BCUT2D eigenvalue weighted by Crippen LogP contribution is -2.12. The van der Waals surface area contributed by atoms with E-state index < -0.39 is 0 Å². The van der Waals surface area contributed by atoms with Crippen molar-refractivity contribution < 1.29 is 0 Å². The first-order valence-corrected chi connectivity index (χ1v) is 27.7. The lowest BCUT2D eigenvalue weighted by molar-refractivity contribution is 0.569. The van der Waals surface area contributed by atoms with E-state index in [0.717, 1.165) is 22.7 Å². The molecule has 9 heteroatoms. The van der Waals surface area contributed by atoms with Crippen LogP contribution in [0.2, 0.25) is 0 Å². The van der Waals surface area contributed by atoms with Crippen LogP contribution in [0.3, 0.4) is 0 Å². The zero-order chi connectivity index (χ0) is 59.6. The number of nitrogens with one attached hydrogen (secondary N) is 2. The fourth-order valence-electron chi connectivity index (χ4n) is 7.05. The molecule has 2 aromatic carbocycles. The van der Waals surface area contributed by atoms with Gasteiger partial charge >= 0.3 is 0 Å². The Hall–Kier alpha value is -7.65. The summed E-state index contributed by atoms with van der Waals surface area (Å²) < 4.78 is 0. The second-order valence-corrected chi connectivity index (χ2v) is 25.8. The van der Waals surface area contributed by atoms with Gasteiger partial charge in [0.2, 0.25) is 0 Å². The van der Waals surface area contributed by atoms with Crippen LogP contribution in [-0.4, -0.2) is 44.9 Å². The Kier molecular flexibility index (Phi) is 26.0. The van der Waals surface area contributed by atoms with Gasteiger partial charge in [-0.2, -0.15) is 0 Å². The Bertz CT molecular complexity index is 2860. The maximum atomic E-state index is 4.35. The monoisotopic (exact) mass is 1070 g/mol.